The molecule has 0 aliphatic heterocycles. The molecule has 0 saturated heterocycles. The van der Waals surface area contributed by atoms with E-state index in [0.717, 1.165) is 0 Å². The number of Topliss-reactive ketones (excluding diaryl/α,β-unsaturated/α-hetero) is 1. The standard InChI is InChI=1S/C19H20N2O4/c1-12(22)15-9-6-10-16(11-15)25-13(2)19(24)21-17(18(20)23)14-7-4-3-5-8-14/h3-11,13,17H,1-2H3,(H2,20,23)(H,21,24)/t13-,17+/m1/s1. The van der Waals surface area contributed by atoms with Gasteiger partial charge in [0.2, 0.25) is 5.91 Å². The van der Waals surface area contributed by atoms with Gasteiger partial charge in [0, 0.05) is 5.56 Å². The highest BCUT2D eigenvalue weighted by atomic mass is 16.5. The first-order chi connectivity index (χ1) is 11.9. The SMILES string of the molecule is CC(=O)c1cccc(O[C@H](C)C(=O)N[C@H](C(N)=O)c2ccccc2)c1. The summed E-state index contributed by atoms with van der Waals surface area (Å²) < 4.78 is 5.57. The number of rotatable bonds is 7. The third kappa shape index (κ3) is 4.91. The van der Waals surface area contributed by atoms with E-state index in [1.165, 1.54) is 6.92 Å². The Morgan fingerprint density at radius 3 is 2.32 bits per heavy atom. The highest BCUT2D eigenvalue weighted by Gasteiger charge is 2.24. The molecule has 25 heavy (non-hydrogen) atoms. The van der Waals surface area contributed by atoms with E-state index in [1.807, 2.05) is 0 Å². The number of amides is 2. The highest BCUT2D eigenvalue weighted by molar-refractivity contribution is 5.94. The third-order valence-corrected chi connectivity index (χ3v) is 3.63. The molecule has 0 aliphatic carbocycles. The zero-order valence-corrected chi connectivity index (χ0v) is 14.1. The maximum absolute atomic E-state index is 12.3. The highest BCUT2D eigenvalue weighted by Crippen LogP contribution is 2.17. The van der Waals surface area contributed by atoms with Crippen LogP contribution in [0.5, 0.6) is 5.75 Å². The van der Waals surface area contributed by atoms with Crippen LogP contribution >= 0.6 is 0 Å². The molecule has 0 aliphatic rings. The minimum atomic E-state index is -0.941. The molecule has 3 N–H and O–H groups in total. The average Bonchev–Trinajstić information content (AvgIpc) is 2.60. The van der Waals surface area contributed by atoms with Gasteiger partial charge in [-0.15, -0.1) is 0 Å². The number of carbonyl (C=O) groups excluding carboxylic acids is 3. The molecular weight excluding hydrogens is 320 g/mol. The van der Waals surface area contributed by atoms with E-state index in [9.17, 15) is 14.4 Å². The Kier molecular flexibility index (Phi) is 5.89. The Bertz CT molecular complexity index is 774. The van der Waals surface area contributed by atoms with Gasteiger partial charge in [-0.2, -0.15) is 0 Å². The lowest BCUT2D eigenvalue weighted by molar-refractivity contribution is -0.131. The number of nitrogens with two attached hydrogens (primary N) is 1. The fourth-order valence-electron chi connectivity index (χ4n) is 2.27. The topological polar surface area (TPSA) is 98.5 Å². The van der Waals surface area contributed by atoms with Gasteiger partial charge in [-0.1, -0.05) is 42.5 Å². The second kappa shape index (κ2) is 8.10. The van der Waals surface area contributed by atoms with E-state index in [-0.39, 0.29) is 5.78 Å². The molecule has 2 rings (SSSR count). The minimum absolute atomic E-state index is 0.0968. The van der Waals surface area contributed by atoms with Crippen LogP contribution in [0.2, 0.25) is 0 Å². The molecule has 0 unspecified atom stereocenters. The Morgan fingerprint density at radius 2 is 1.72 bits per heavy atom. The Labute approximate surface area is 146 Å². The van der Waals surface area contributed by atoms with Gasteiger partial charge in [0.1, 0.15) is 11.8 Å². The van der Waals surface area contributed by atoms with Crippen molar-refractivity contribution in [1.29, 1.82) is 0 Å². The van der Waals surface area contributed by atoms with E-state index in [4.69, 9.17) is 10.5 Å². The number of hydrogen-bond donors (Lipinski definition) is 2. The van der Waals surface area contributed by atoms with Gasteiger partial charge >= 0.3 is 0 Å². The van der Waals surface area contributed by atoms with Gasteiger partial charge in [0.05, 0.1) is 0 Å². The number of ketones is 1. The summed E-state index contributed by atoms with van der Waals surface area (Å²) >= 11 is 0. The fraction of sp³-hybridized carbons (Fsp3) is 0.211. The predicted octanol–water partition coefficient (Wildman–Crippen LogP) is 2.00. The molecule has 0 saturated carbocycles. The maximum atomic E-state index is 12.3. The first-order valence-corrected chi connectivity index (χ1v) is 7.80. The summed E-state index contributed by atoms with van der Waals surface area (Å²) in [7, 11) is 0. The van der Waals surface area contributed by atoms with Crippen molar-refractivity contribution in [3.05, 3.63) is 65.7 Å². The van der Waals surface area contributed by atoms with Crippen molar-refractivity contribution >= 4 is 17.6 Å². The minimum Gasteiger partial charge on any atom is -0.481 e. The molecule has 0 heterocycles. The summed E-state index contributed by atoms with van der Waals surface area (Å²) in [4.78, 5) is 35.4. The van der Waals surface area contributed by atoms with Crippen LogP contribution in [-0.2, 0) is 9.59 Å². The summed E-state index contributed by atoms with van der Waals surface area (Å²) in [6, 6.07) is 14.3. The van der Waals surface area contributed by atoms with E-state index in [2.05, 4.69) is 5.32 Å². The molecule has 0 radical (unpaired) electrons. The second-order valence-electron chi connectivity index (χ2n) is 5.60. The monoisotopic (exact) mass is 340 g/mol. The van der Waals surface area contributed by atoms with Crippen LogP contribution in [0.4, 0.5) is 0 Å². The zero-order valence-electron chi connectivity index (χ0n) is 14.1. The lowest BCUT2D eigenvalue weighted by Crippen LogP contribution is -2.43. The van der Waals surface area contributed by atoms with Gasteiger partial charge in [-0.25, -0.2) is 0 Å². The molecule has 6 heteroatoms. The second-order valence-corrected chi connectivity index (χ2v) is 5.60. The number of primary amides is 1. The van der Waals surface area contributed by atoms with Crippen LogP contribution in [0, 0.1) is 0 Å². The molecule has 6 nitrogen and oxygen atoms in total. The number of nitrogens with one attached hydrogen (secondary N) is 1. The van der Waals surface area contributed by atoms with E-state index < -0.39 is 24.0 Å². The largest absolute Gasteiger partial charge is 0.481 e. The first-order valence-electron chi connectivity index (χ1n) is 7.80. The van der Waals surface area contributed by atoms with Crippen molar-refractivity contribution in [3.63, 3.8) is 0 Å². The average molecular weight is 340 g/mol. The maximum Gasteiger partial charge on any atom is 0.261 e. The summed E-state index contributed by atoms with van der Waals surface area (Å²) in [6.45, 7) is 3.01. The molecule has 2 aromatic rings. The molecule has 0 spiro atoms. The summed E-state index contributed by atoms with van der Waals surface area (Å²) in [6.07, 6.45) is -0.868. The first kappa shape index (κ1) is 18.2. The van der Waals surface area contributed by atoms with Crippen molar-refractivity contribution in [3.8, 4) is 5.75 Å². The van der Waals surface area contributed by atoms with Crippen molar-refractivity contribution in [2.75, 3.05) is 0 Å². The van der Waals surface area contributed by atoms with Crippen LogP contribution in [-0.4, -0.2) is 23.7 Å². The molecule has 0 bridgehead atoms. The van der Waals surface area contributed by atoms with Gasteiger partial charge in [0.15, 0.2) is 11.9 Å². The lowest BCUT2D eigenvalue weighted by Gasteiger charge is -2.20. The van der Waals surface area contributed by atoms with Gasteiger partial charge in [0.25, 0.3) is 5.91 Å². The molecule has 0 fully saturated rings. The van der Waals surface area contributed by atoms with E-state index >= 15 is 0 Å². The molecule has 2 amide bonds. The van der Waals surface area contributed by atoms with Gasteiger partial charge < -0.3 is 15.8 Å². The van der Waals surface area contributed by atoms with E-state index in [1.54, 1.807) is 61.5 Å². The normalized spacial score (nSPS) is 12.7. The Morgan fingerprint density at radius 1 is 1.04 bits per heavy atom. The molecule has 130 valence electrons. The number of ether oxygens (including phenoxy) is 1. The molecule has 0 aromatic heterocycles. The molecule has 2 aromatic carbocycles. The van der Waals surface area contributed by atoms with Gasteiger partial charge in [-0.05, 0) is 31.5 Å². The number of benzene rings is 2. The van der Waals surface area contributed by atoms with Crippen molar-refractivity contribution in [2.45, 2.75) is 26.0 Å². The zero-order chi connectivity index (χ0) is 18.4. The number of carbonyl (C=O) groups is 3. The van der Waals surface area contributed by atoms with Crippen LogP contribution in [0.25, 0.3) is 0 Å². The molecule has 2 atom stereocenters. The summed E-state index contributed by atoms with van der Waals surface area (Å²) in [5, 5.41) is 2.58. The van der Waals surface area contributed by atoms with Crippen LogP contribution < -0.4 is 15.8 Å². The van der Waals surface area contributed by atoms with Crippen LogP contribution in [0.1, 0.15) is 35.8 Å². The van der Waals surface area contributed by atoms with E-state index in [0.29, 0.717) is 16.9 Å². The predicted molar refractivity (Wildman–Crippen MR) is 93.1 cm³/mol. The van der Waals surface area contributed by atoms with Gasteiger partial charge in [-0.3, -0.25) is 14.4 Å². The van der Waals surface area contributed by atoms with Crippen LogP contribution in [0.3, 0.4) is 0 Å². The van der Waals surface area contributed by atoms with Crippen molar-refractivity contribution in [1.82, 2.24) is 5.32 Å². The molecular formula is C19H20N2O4. The number of hydrogen-bond acceptors (Lipinski definition) is 4. The quantitative estimate of drug-likeness (QED) is 0.753. The summed E-state index contributed by atoms with van der Waals surface area (Å²) in [5.41, 5.74) is 6.47. The van der Waals surface area contributed by atoms with Crippen LogP contribution in [0.15, 0.2) is 54.6 Å². The Hall–Kier alpha value is -3.15. The lowest BCUT2D eigenvalue weighted by atomic mass is 10.1. The third-order valence-electron chi connectivity index (χ3n) is 3.63. The van der Waals surface area contributed by atoms with Crippen molar-refractivity contribution < 1.29 is 19.1 Å². The fourth-order valence-corrected chi connectivity index (χ4v) is 2.27. The Balaban J connectivity index is 2.07. The summed E-state index contributed by atoms with van der Waals surface area (Å²) in [5.74, 6) is -0.850. The van der Waals surface area contributed by atoms with Crippen molar-refractivity contribution in [2.24, 2.45) is 5.73 Å². The smallest absolute Gasteiger partial charge is 0.261 e.